The van der Waals surface area contributed by atoms with Crippen LogP contribution < -0.4 is 16.0 Å². The molecule has 0 fully saturated rings. The van der Waals surface area contributed by atoms with Gasteiger partial charge in [0.05, 0.1) is 11.1 Å². The van der Waals surface area contributed by atoms with Crippen LogP contribution in [0.2, 0.25) is 0 Å². The van der Waals surface area contributed by atoms with E-state index in [9.17, 15) is 9.60 Å². The van der Waals surface area contributed by atoms with Crippen LogP contribution in [0, 0.1) is 11.2 Å². The summed E-state index contributed by atoms with van der Waals surface area (Å²) in [6, 6.07) is 4.24. The monoisotopic (exact) mass is 475 g/mol. The Balaban J connectivity index is 1.89. The third-order valence-corrected chi connectivity index (χ3v) is 4.77. The van der Waals surface area contributed by atoms with Crippen LogP contribution in [0.15, 0.2) is 37.5 Å². The third kappa shape index (κ3) is 6.65. The smallest absolute Gasteiger partial charge is 0.202 e. The van der Waals surface area contributed by atoms with E-state index in [-0.39, 0.29) is 22.0 Å². The van der Waals surface area contributed by atoms with E-state index >= 15 is 0 Å². The first-order chi connectivity index (χ1) is 13.5. The highest BCUT2D eigenvalue weighted by molar-refractivity contribution is 9.10. The molecule has 0 saturated carbocycles. The summed E-state index contributed by atoms with van der Waals surface area (Å²) < 4.78 is 23.2. The molecule has 0 amide bonds. The Morgan fingerprint density at radius 1 is 1.39 bits per heavy atom. The molecule has 0 unspecified atom stereocenters. The van der Waals surface area contributed by atoms with Crippen molar-refractivity contribution in [3.8, 4) is 0 Å². The maximum absolute atomic E-state index is 13.3. The molecule has 1 aromatic heterocycles. The summed E-state index contributed by atoms with van der Waals surface area (Å²) in [4.78, 5) is 0. The zero-order valence-corrected chi connectivity index (χ0v) is 17.2. The van der Waals surface area contributed by atoms with Crippen molar-refractivity contribution in [1.82, 2.24) is 20.9 Å². The van der Waals surface area contributed by atoms with Gasteiger partial charge in [0, 0.05) is 31.6 Å². The molecular weight excluding hydrogens is 457 g/mol. The Bertz CT molecular complexity index is 821. The lowest BCUT2D eigenvalue weighted by Gasteiger charge is -2.09. The number of amidine groups is 1. The van der Waals surface area contributed by atoms with E-state index in [0.717, 1.165) is 0 Å². The molecule has 0 spiro atoms. The second-order valence-electron chi connectivity index (χ2n) is 5.19. The Morgan fingerprint density at radius 2 is 2.18 bits per heavy atom. The number of oxime groups is 1. The molecule has 0 radical (unpaired) electrons. The van der Waals surface area contributed by atoms with Gasteiger partial charge in [0.1, 0.15) is 5.82 Å². The zero-order chi connectivity index (χ0) is 20.4. The Kier molecular flexibility index (Phi) is 8.97. The Hall–Kier alpha value is -2.38. The molecule has 28 heavy (non-hydrogen) atoms. The lowest BCUT2D eigenvalue weighted by molar-refractivity contribution is 0.203. The summed E-state index contributed by atoms with van der Waals surface area (Å²) in [6.45, 7) is 1.53. The van der Waals surface area contributed by atoms with Gasteiger partial charge in [0.15, 0.2) is 16.7 Å². The normalized spacial score (nSPS) is 11.3. The lowest BCUT2D eigenvalue weighted by Crippen LogP contribution is -2.38. The topological polar surface area (TPSA) is 141 Å². The molecule has 0 aliphatic carbocycles. The van der Waals surface area contributed by atoms with Crippen LogP contribution >= 0.6 is 27.7 Å². The number of hydrogen-bond acceptors (Lipinski definition) is 8. The number of thioether (sulfide) groups is 1. The minimum Gasteiger partial charge on any atom is -0.409 e. The van der Waals surface area contributed by atoms with Crippen LogP contribution in [0.1, 0.15) is 5.69 Å². The fourth-order valence-electron chi connectivity index (χ4n) is 1.93. The van der Waals surface area contributed by atoms with E-state index in [2.05, 4.69) is 47.3 Å². The van der Waals surface area contributed by atoms with Gasteiger partial charge in [0.2, 0.25) is 5.84 Å². The van der Waals surface area contributed by atoms with E-state index < -0.39 is 5.82 Å². The summed E-state index contributed by atoms with van der Waals surface area (Å²) >= 11 is 4.39. The van der Waals surface area contributed by atoms with Crippen molar-refractivity contribution in [2.24, 2.45) is 5.16 Å². The average molecular weight is 476 g/mol. The molecule has 0 atom stereocenters. The molecule has 13 heteroatoms. The maximum atomic E-state index is 13.3. The zero-order valence-electron chi connectivity index (χ0n) is 14.8. The first-order valence-electron chi connectivity index (χ1n) is 8.00. The number of hydrogen-bond donors (Lipinski definition) is 5. The van der Waals surface area contributed by atoms with Crippen molar-refractivity contribution < 1.29 is 19.0 Å². The second-order valence-corrected chi connectivity index (χ2v) is 7.13. The number of ether oxygens (including phenoxy) is 1. The van der Waals surface area contributed by atoms with Crippen LogP contribution in [-0.4, -0.2) is 59.9 Å². The van der Waals surface area contributed by atoms with Crippen LogP contribution in [0.4, 0.5) is 10.1 Å². The number of guanidine groups is 1. The summed E-state index contributed by atoms with van der Waals surface area (Å²) in [5.41, 5.74) is 0.693. The molecule has 2 rings (SSSR count). The molecule has 10 nitrogen and oxygen atoms in total. The number of anilines is 1. The fraction of sp³-hybridized carbons (Fsp3) is 0.333. The Morgan fingerprint density at radius 3 is 2.89 bits per heavy atom. The number of nitrogens with one attached hydrogen (secondary N) is 4. The number of nitrogens with zero attached hydrogens (tertiary/aromatic N) is 3. The quantitative estimate of drug-likeness (QED) is 0.0919. The third-order valence-electron chi connectivity index (χ3n) is 3.22. The van der Waals surface area contributed by atoms with Crippen molar-refractivity contribution in [1.29, 1.82) is 5.41 Å². The first-order valence-corrected chi connectivity index (χ1v) is 9.78. The average Bonchev–Trinajstić information content (AvgIpc) is 3.14. The van der Waals surface area contributed by atoms with Gasteiger partial charge in [0.25, 0.3) is 0 Å². The molecule has 152 valence electrons. The number of methoxy groups -OCH3 is 1. The highest BCUT2D eigenvalue weighted by Gasteiger charge is 2.18. The number of aromatic nitrogens is 2. The van der Waals surface area contributed by atoms with Gasteiger partial charge in [-0.05, 0) is 44.4 Å². The second kappa shape index (κ2) is 11.5. The van der Waals surface area contributed by atoms with Crippen molar-refractivity contribution in [2.45, 2.75) is 5.03 Å². The molecular formula is C15H19BrFN7O3S. The predicted octanol–water partition coefficient (Wildman–Crippen LogP) is 2.07. The van der Waals surface area contributed by atoms with Crippen LogP contribution in [0.3, 0.4) is 0 Å². The minimum absolute atomic E-state index is 0.00388. The van der Waals surface area contributed by atoms with Crippen molar-refractivity contribution in [2.75, 3.05) is 37.9 Å². The summed E-state index contributed by atoms with van der Waals surface area (Å²) in [6.07, 6.45) is 0. The molecule has 5 N–H and O–H groups in total. The van der Waals surface area contributed by atoms with Gasteiger partial charge in [-0.3, -0.25) is 5.41 Å². The molecule has 2 aromatic rings. The summed E-state index contributed by atoms with van der Waals surface area (Å²) in [5.74, 6) is 0.333. The van der Waals surface area contributed by atoms with E-state index in [4.69, 9.17) is 14.8 Å². The lowest BCUT2D eigenvalue weighted by atomic mass is 10.3. The number of rotatable bonds is 9. The Labute approximate surface area is 172 Å². The molecule has 0 aliphatic heterocycles. The van der Waals surface area contributed by atoms with Crippen molar-refractivity contribution in [3.63, 3.8) is 0 Å². The van der Waals surface area contributed by atoms with Gasteiger partial charge in [-0.1, -0.05) is 16.9 Å². The van der Waals surface area contributed by atoms with Gasteiger partial charge in [-0.2, -0.15) is 0 Å². The fourth-order valence-corrected chi connectivity index (χ4v) is 3.06. The van der Waals surface area contributed by atoms with Crippen molar-refractivity contribution in [3.05, 3.63) is 34.2 Å². The minimum atomic E-state index is -0.415. The van der Waals surface area contributed by atoms with E-state index in [1.165, 1.54) is 30.0 Å². The van der Waals surface area contributed by atoms with Crippen molar-refractivity contribution >= 4 is 45.2 Å². The first kappa shape index (κ1) is 21.9. The molecule has 0 saturated heterocycles. The molecule has 1 aromatic carbocycles. The molecule has 1 heterocycles. The summed E-state index contributed by atoms with van der Waals surface area (Å²) in [5, 5.41) is 36.7. The van der Waals surface area contributed by atoms with E-state index in [0.29, 0.717) is 36.2 Å². The van der Waals surface area contributed by atoms with Gasteiger partial charge in [-0.15, -0.1) is 0 Å². The van der Waals surface area contributed by atoms with Crippen LogP contribution in [-0.2, 0) is 4.74 Å². The number of halogens is 2. The highest BCUT2D eigenvalue weighted by atomic mass is 79.9. The summed E-state index contributed by atoms with van der Waals surface area (Å²) in [7, 11) is 1.59. The standard InChI is InChI=1S/C15H19BrFN7O3S/c1-26-6-4-19-15(18)20-5-7-28-14-12(23-27-24-14)13(22-25)21-9-2-3-11(17)10(16)8-9/h2-3,8,25H,4-7H2,1H3,(H,21,22)(H3,18,19,20). The molecule has 0 bridgehead atoms. The highest BCUT2D eigenvalue weighted by Crippen LogP contribution is 2.23. The van der Waals surface area contributed by atoms with Gasteiger partial charge < -0.3 is 25.9 Å². The number of benzene rings is 1. The maximum Gasteiger partial charge on any atom is 0.202 e. The van der Waals surface area contributed by atoms with Crippen LogP contribution in [0.25, 0.3) is 0 Å². The van der Waals surface area contributed by atoms with Gasteiger partial charge >= 0.3 is 0 Å². The molecule has 0 aliphatic rings. The van der Waals surface area contributed by atoms with Crippen LogP contribution in [0.5, 0.6) is 0 Å². The van der Waals surface area contributed by atoms with Gasteiger partial charge in [-0.25, -0.2) is 9.02 Å². The predicted molar refractivity (Wildman–Crippen MR) is 107 cm³/mol. The van der Waals surface area contributed by atoms with E-state index in [1.807, 2.05) is 0 Å². The van der Waals surface area contributed by atoms with E-state index in [1.54, 1.807) is 7.11 Å². The SMILES string of the molecule is COCCNC(=N)NCCSc1nonc1/C(=N/O)Nc1ccc(F)c(Br)c1. The largest absolute Gasteiger partial charge is 0.409 e.